The Kier molecular flexibility index (Phi) is 6.04. The summed E-state index contributed by atoms with van der Waals surface area (Å²) in [6.07, 6.45) is 8.55. The molecule has 29 heavy (non-hydrogen) atoms. The van der Waals surface area contributed by atoms with E-state index in [0.29, 0.717) is 12.6 Å². The Morgan fingerprint density at radius 2 is 1.97 bits per heavy atom. The Hall–Kier alpha value is -2.54. The minimum atomic E-state index is -0.00138. The van der Waals surface area contributed by atoms with Crippen molar-refractivity contribution in [1.82, 2.24) is 14.7 Å². The number of anilines is 1. The van der Waals surface area contributed by atoms with Crippen LogP contribution in [0, 0.1) is 0 Å². The first-order valence-corrected chi connectivity index (χ1v) is 10.5. The third-order valence-corrected chi connectivity index (χ3v) is 6.11. The Morgan fingerprint density at radius 1 is 1.14 bits per heavy atom. The van der Waals surface area contributed by atoms with E-state index in [2.05, 4.69) is 15.3 Å². The van der Waals surface area contributed by atoms with E-state index in [9.17, 15) is 4.79 Å². The molecule has 1 saturated heterocycles. The van der Waals surface area contributed by atoms with Gasteiger partial charge >= 0.3 is 0 Å². The summed E-state index contributed by atoms with van der Waals surface area (Å²) in [5, 5.41) is 7.53. The quantitative estimate of drug-likeness (QED) is 0.768. The standard InChI is InChI=1S/C22H30N4O3/c1-28-17-9-10-20(29-2)18(14-17)19-8-5-13-25(19)15-22(27)24-21-11-12-23-26(21)16-6-3-4-7-16/h9-12,14,16,19H,3-8,13,15H2,1-2H3,(H,24,27)/t19-/m1/s1. The fourth-order valence-corrected chi connectivity index (χ4v) is 4.69. The molecule has 0 spiro atoms. The zero-order chi connectivity index (χ0) is 20.2. The van der Waals surface area contributed by atoms with Gasteiger partial charge in [0.05, 0.1) is 33.0 Å². The number of nitrogens with one attached hydrogen (secondary N) is 1. The van der Waals surface area contributed by atoms with Crippen molar-refractivity contribution in [2.75, 3.05) is 32.6 Å². The molecular formula is C22H30N4O3. The number of benzene rings is 1. The third-order valence-electron chi connectivity index (χ3n) is 6.11. The molecule has 1 saturated carbocycles. The number of ether oxygens (including phenoxy) is 2. The topological polar surface area (TPSA) is 68.6 Å². The first-order valence-electron chi connectivity index (χ1n) is 10.5. The van der Waals surface area contributed by atoms with Crippen molar-refractivity contribution in [3.63, 3.8) is 0 Å². The van der Waals surface area contributed by atoms with Gasteiger partial charge in [0.1, 0.15) is 17.3 Å². The van der Waals surface area contributed by atoms with Crippen LogP contribution >= 0.6 is 0 Å². The van der Waals surface area contributed by atoms with Gasteiger partial charge in [-0.3, -0.25) is 9.69 Å². The number of nitrogens with zero attached hydrogens (tertiary/aromatic N) is 3. The lowest BCUT2D eigenvalue weighted by Gasteiger charge is -2.26. The Labute approximate surface area is 172 Å². The van der Waals surface area contributed by atoms with Gasteiger partial charge in [-0.05, 0) is 50.4 Å². The maximum atomic E-state index is 12.8. The van der Waals surface area contributed by atoms with Gasteiger partial charge in [0.2, 0.25) is 5.91 Å². The number of hydrogen-bond acceptors (Lipinski definition) is 5. The lowest BCUT2D eigenvalue weighted by molar-refractivity contribution is -0.117. The SMILES string of the molecule is COc1ccc(OC)c([C@H]2CCCN2CC(=O)Nc2ccnn2C2CCCC2)c1. The van der Waals surface area contributed by atoms with Crippen LogP contribution in [0.1, 0.15) is 56.2 Å². The lowest BCUT2D eigenvalue weighted by Crippen LogP contribution is -2.33. The van der Waals surface area contributed by atoms with Crippen LogP contribution < -0.4 is 14.8 Å². The van der Waals surface area contributed by atoms with Gasteiger partial charge in [0.15, 0.2) is 0 Å². The summed E-state index contributed by atoms with van der Waals surface area (Å²) in [7, 11) is 3.35. The molecule has 0 bridgehead atoms. The van der Waals surface area contributed by atoms with Crippen molar-refractivity contribution in [2.24, 2.45) is 0 Å². The fourth-order valence-electron chi connectivity index (χ4n) is 4.69. The number of rotatable bonds is 7. The minimum Gasteiger partial charge on any atom is -0.497 e. The smallest absolute Gasteiger partial charge is 0.239 e. The van der Waals surface area contributed by atoms with Crippen LogP contribution in [-0.4, -0.2) is 47.9 Å². The zero-order valence-corrected chi connectivity index (χ0v) is 17.3. The second kappa shape index (κ2) is 8.86. The maximum absolute atomic E-state index is 12.8. The van der Waals surface area contributed by atoms with Crippen molar-refractivity contribution in [1.29, 1.82) is 0 Å². The Morgan fingerprint density at radius 3 is 2.72 bits per heavy atom. The number of carbonyl (C=O) groups excluding carboxylic acids is 1. The van der Waals surface area contributed by atoms with Gasteiger partial charge in [0, 0.05) is 17.7 Å². The highest BCUT2D eigenvalue weighted by atomic mass is 16.5. The van der Waals surface area contributed by atoms with Crippen LogP contribution in [0.2, 0.25) is 0 Å². The summed E-state index contributed by atoms with van der Waals surface area (Å²) >= 11 is 0. The summed E-state index contributed by atoms with van der Waals surface area (Å²) in [6, 6.07) is 8.30. The van der Waals surface area contributed by atoms with E-state index >= 15 is 0 Å². The predicted molar refractivity (Wildman–Crippen MR) is 111 cm³/mol. The van der Waals surface area contributed by atoms with Crippen LogP contribution in [0.5, 0.6) is 11.5 Å². The average Bonchev–Trinajstić information content (AvgIpc) is 3.49. The van der Waals surface area contributed by atoms with Crippen molar-refractivity contribution in [3.05, 3.63) is 36.0 Å². The highest BCUT2D eigenvalue weighted by Crippen LogP contribution is 2.38. The first-order chi connectivity index (χ1) is 14.2. The molecule has 1 aromatic heterocycles. The molecular weight excluding hydrogens is 368 g/mol. The van der Waals surface area contributed by atoms with Crippen LogP contribution in [0.3, 0.4) is 0 Å². The van der Waals surface area contributed by atoms with Crippen LogP contribution in [0.25, 0.3) is 0 Å². The second-order valence-corrected chi connectivity index (χ2v) is 7.88. The number of carbonyl (C=O) groups is 1. The first kappa shape index (κ1) is 19.8. The molecule has 1 aliphatic carbocycles. The van der Waals surface area contributed by atoms with Crippen molar-refractivity contribution < 1.29 is 14.3 Å². The molecule has 2 aliphatic rings. The van der Waals surface area contributed by atoms with Crippen molar-refractivity contribution in [3.8, 4) is 11.5 Å². The van der Waals surface area contributed by atoms with Gasteiger partial charge in [0.25, 0.3) is 0 Å². The highest BCUT2D eigenvalue weighted by Gasteiger charge is 2.30. The van der Waals surface area contributed by atoms with Gasteiger partial charge < -0.3 is 14.8 Å². The number of methoxy groups -OCH3 is 2. The number of likely N-dealkylation sites (tertiary alicyclic amines) is 1. The van der Waals surface area contributed by atoms with E-state index in [1.165, 1.54) is 12.8 Å². The average molecular weight is 399 g/mol. The summed E-state index contributed by atoms with van der Waals surface area (Å²) in [5.74, 6) is 2.44. The summed E-state index contributed by atoms with van der Waals surface area (Å²) in [6.45, 7) is 1.24. The molecule has 2 aromatic rings. The van der Waals surface area contributed by atoms with Gasteiger partial charge in [-0.2, -0.15) is 5.10 Å². The third kappa shape index (κ3) is 4.24. The highest BCUT2D eigenvalue weighted by molar-refractivity contribution is 5.91. The van der Waals surface area contributed by atoms with Crippen molar-refractivity contribution >= 4 is 11.7 Å². The number of amides is 1. The molecule has 2 heterocycles. The van der Waals surface area contributed by atoms with Crippen LogP contribution in [-0.2, 0) is 4.79 Å². The van der Waals surface area contributed by atoms with Crippen LogP contribution in [0.4, 0.5) is 5.82 Å². The molecule has 1 amide bonds. The lowest BCUT2D eigenvalue weighted by atomic mass is 10.0. The van der Waals surface area contributed by atoms with Gasteiger partial charge in [-0.1, -0.05) is 12.8 Å². The zero-order valence-electron chi connectivity index (χ0n) is 17.3. The monoisotopic (exact) mass is 398 g/mol. The fraction of sp³-hybridized carbons (Fsp3) is 0.545. The molecule has 7 nitrogen and oxygen atoms in total. The summed E-state index contributed by atoms with van der Waals surface area (Å²) in [4.78, 5) is 15.1. The molecule has 1 atom stereocenters. The number of aromatic nitrogens is 2. The summed E-state index contributed by atoms with van der Waals surface area (Å²) < 4.78 is 13.0. The van der Waals surface area contributed by atoms with Crippen molar-refractivity contribution in [2.45, 2.75) is 50.6 Å². The molecule has 156 valence electrons. The molecule has 1 aliphatic heterocycles. The van der Waals surface area contributed by atoms with E-state index < -0.39 is 0 Å². The predicted octanol–water partition coefficient (Wildman–Crippen LogP) is 3.79. The van der Waals surface area contributed by atoms with E-state index in [1.54, 1.807) is 20.4 Å². The normalized spacial score (nSPS) is 20.1. The van der Waals surface area contributed by atoms with E-state index in [-0.39, 0.29) is 11.9 Å². The molecule has 4 rings (SSSR count). The largest absolute Gasteiger partial charge is 0.497 e. The Bertz CT molecular complexity index is 844. The van der Waals surface area contributed by atoms with E-state index in [1.807, 2.05) is 28.9 Å². The molecule has 7 heteroatoms. The van der Waals surface area contributed by atoms with Crippen LogP contribution in [0.15, 0.2) is 30.5 Å². The Balaban J connectivity index is 1.45. The van der Waals surface area contributed by atoms with Gasteiger partial charge in [-0.15, -0.1) is 0 Å². The summed E-state index contributed by atoms with van der Waals surface area (Å²) in [5.41, 5.74) is 1.08. The van der Waals surface area contributed by atoms with E-state index in [0.717, 1.165) is 55.1 Å². The molecule has 0 unspecified atom stereocenters. The van der Waals surface area contributed by atoms with E-state index in [4.69, 9.17) is 9.47 Å². The molecule has 2 fully saturated rings. The van der Waals surface area contributed by atoms with Gasteiger partial charge in [-0.25, -0.2) is 4.68 Å². The molecule has 1 N–H and O–H groups in total. The molecule has 0 radical (unpaired) electrons. The minimum absolute atomic E-state index is 0.00138. The second-order valence-electron chi connectivity index (χ2n) is 7.88. The number of hydrogen-bond donors (Lipinski definition) is 1. The molecule has 1 aromatic carbocycles. The maximum Gasteiger partial charge on any atom is 0.239 e.